The monoisotopic (exact) mass is 384 g/mol. The topological polar surface area (TPSA) is 89.3 Å². The van der Waals surface area contributed by atoms with E-state index in [9.17, 15) is 13.2 Å². The lowest BCUT2D eigenvalue weighted by Gasteiger charge is -2.23. The zero-order valence-electron chi connectivity index (χ0n) is 14.8. The quantitative estimate of drug-likeness (QED) is 0.865. The zero-order valence-corrected chi connectivity index (χ0v) is 16.3. The summed E-state index contributed by atoms with van der Waals surface area (Å²) in [7, 11) is -3.93. The van der Waals surface area contributed by atoms with E-state index in [1.165, 1.54) is 38.1 Å². The molecule has 0 saturated carbocycles. The van der Waals surface area contributed by atoms with E-state index < -0.39 is 20.5 Å². The van der Waals surface area contributed by atoms with Crippen molar-refractivity contribution in [3.63, 3.8) is 0 Å². The lowest BCUT2D eigenvalue weighted by Crippen LogP contribution is -2.44. The van der Waals surface area contributed by atoms with E-state index in [0.29, 0.717) is 10.7 Å². The first-order valence-electron chi connectivity index (χ1n) is 7.64. The second-order valence-electron chi connectivity index (χ2n) is 7.25. The van der Waals surface area contributed by atoms with E-state index in [0.717, 1.165) is 0 Å². The fraction of sp³-hybridized carbons (Fsp3) is 0.412. The maximum atomic E-state index is 12.8. The molecule has 0 unspecified atom stereocenters. The molecule has 1 aromatic heterocycles. The number of hydrogen-bond donors (Lipinski definition) is 1. The molecule has 1 aromatic carbocycles. The Bertz CT molecular complexity index is 878. The summed E-state index contributed by atoms with van der Waals surface area (Å²) in [6.45, 7) is 8.53. The minimum atomic E-state index is -3.93. The van der Waals surface area contributed by atoms with Gasteiger partial charge in [-0.3, -0.25) is 10.1 Å². The molecule has 0 fully saturated rings. The summed E-state index contributed by atoms with van der Waals surface area (Å²) in [6.07, 6.45) is 0. The average Bonchev–Trinajstić information content (AvgIpc) is 2.96. The van der Waals surface area contributed by atoms with E-state index >= 15 is 0 Å². The molecule has 0 bridgehead atoms. The van der Waals surface area contributed by atoms with Crippen LogP contribution in [0.15, 0.2) is 39.8 Å². The van der Waals surface area contributed by atoms with Crippen LogP contribution >= 0.6 is 11.6 Å². The Morgan fingerprint density at radius 3 is 2.16 bits per heavy atom. The maximum absolute atomic E-state index is 12.8. The lowest BCUT2D eigenvalue weighted by molar-refractivity contribution is -0.118. The summed E-state index contributed by atoms with van der Waals surface area (Å²) in [5.74, 6) is -0.603. The van der Waals surface area contributed by atoms with Gasteiger partial charge in [0.2, 0.25) is 11.8 Å². The predicted octanol–water partition coefficient (Wildman–Crippen LogP) is 3.82. The number of halogens is 1. The first-order chi connectivity index (χ1) is 11.4. The van der Waals surface area contributed by atoms with E-state index in [1.54, 1.807) is 6.07 Å². The molecule has 1 N–H and O–H groups in total. The zero-order chi connectivity index (χ0) is 19.0. The Kier molecular flexibility index (Phi) is 5.03. The van der Waals surface area contributed by atoms with Crippen LogP contribution in [0.5, 0.6) is 0 Å². The van der Waals surface area contributed by atoms with Crippen molar-refractivity contribution in [1.82, 2.24) is 5.16 Å². The first-order valence-corrected chi connectivity index (χ1v) is 9.50. The highest BCUT2D eigenvalue weighted by Crippen LogP contribution is 2.29. The van der Waals surface area contributed by atoms with Gasteiger partial charge in [-0.1, -0.05) is 37.5 Å². The lowest BCUT2D eigenvalue weighted by atomic mass is 9.92. The number of carbonyl (C=O) groups excluding carboxylic acids is 1. The Labute approximate surface area is 152 Å². The molecule has 25 heavy (non-hydrogen) atoms. The third kappa shape index (κ3) is 3.88. The Morgan fingerprint density at radius 1 is 1.12 bits per heavy atom. The highest BCUT2D eigenvalue weighted by molar-refractivity contribution is 7.93. The van der Waals surface area contributed by atoms with Crippen LogP contribution in [-0.2, 0) is 20.0 Å². The number of rotatable bonds is 4. The number of anilines is 1. The minimum Gasteiger partial charge on any atom is -0.338 e. The molecule has 136 valence electrons. The van der Waals surface area contributed by atoms with Crippen molar-refractivity contribution in [2.24, 2.45) is 0 Å². The molecule has 6 nitrogen and oxygen atoms in total. The number of carbonyl (C=O) groups is 1. The van der Waals surface area contributed by atoms with E-state index in [-0.39, 0.29) is 16.2 Å². The smallest absolute Gasteiger partial charge is 0.248 e. The predicted molar refractivity (Wildman–Crippen MR) is 96.5 cm³/mol. The van der Waals surface area contributed by atoms with Crippen LogP contribution < -0.4 is 5.32 Å². The van der Waals surface area contributed by atoms with E-state index in [2.05, 4.69) is 10.5 Å². The van der Waals surface area contributed by atoms with Crippen molar-refractivity contribution < 1.29 is 17.7 Å². The molecule has 2 rings (SSSR count). The van der Waals surface area contributed by atoms with Crippen molar-refractivity contribution in [1.29, 1.82) is 0 Å². The van der Waals surface area contributed by atoms with E-state index in [1.807, 2.05) is 20.8 Å². The number of hydrogen-bond acceptors (Lipinski definition) is 5. The van der Waals surface area contributed by atoms with Crippen LogP contribution in [0, 0.1) is 0 Å². The van der Waals surface area contributed by atoms with Gasteiger partial charge in [-0.25, -0.2) is 8.42 Å². The second kappa shape index (κ2) is 6.46. The van der Waals surface area contributed by atoms with Gasteiger partial charge in [0.05, 0.1) is 10.6 Å². The van der Waals surface area contributed by atoms with Gasteiger partial charge in [0.15, 0.2) is 9.84 Å². The van der Waals surface area contributed by atoms with Crippen molar-refractivity contribution in [3.05, 3.63) is 41.0 Å². The molecular weight excluding hydrogens is 364 g/mol. The summed E-state index contributed by atoms with van der Waals surface area (Å²) in [5, 5.41) is 6.80. The van der Waals surface area contributed by atoms with Crippen LogP contribution in [0.1, 0.15) is 40.3 Å². The highest BCUT2D eigenvalue weighted by atomic mass is 35.5. The number of aromatic nitrogens is 1. The molecule has 2 aromatic rings. The Morgan fingerprint density at radius 2 is 1.68 bits per heavy atom. The van der Waals surface area contributed by atoms with Gasteiger partial charge in [0.1, 0.15) is 4.75 Å². The summed E-state index contributed by atoms with van der Waals surface area (Å²) < 4.78 is 29.0. The normalized spacial score (nSPS) is 12.9. The minimum absolute atomic E-state index is 0.0185. The summed E-state index contributed by atoms with van der Waals surface area (Å²) in [5.41, 5.74) is 0.401. The summed E-state index contributed by atoms with van der Waals surface area (Å²) in [4.78, 5) is 12.6. The summed E-state index contributed by atoms with van der Waals surface area (Å²) in [6, 6.07) is 7.27. The Balaban J connectivity index is 2.27. The fourth-order valence-corrected chi connectivity index (χ4v) is 3.49. The SMILES string of the molecule is CC(C)(C)c1cc(NC(=O)C(C)(C)S(=O)(=O)c2ccc(Cl)cc2)on1. The number of nitrogens with zero attached hydrogens (tertiary/aromatic N) is 1. The first kappa shape index (κ1) is 19.5. The largest absolute Gasteiger partial charge is 0.338 e. The van der Waals surface area contributed by atoms with Gasteiger partial charge in [0.25, 0.3) is 0 Å². The van der Waals surface area contributed by atoms with Gasteiger partial charge in [0, 0.05) is 16.5 Å². The van der Waals surface area contributed by atoms with Gasteiger partial charge < -0.3 is 4.52 Å². The van der Waals surface area contributed by atoms with E-state index in [4.69, 9.17) is 16.1 Å². The Hall–Kier alpha value is -1.86. The fourth-order valence-electron chi connectivity index (χ4n) is 1.98. The second-order valence-corrected chi connectivity index (χ2v) is 10.2. The van der Waals surface area contributed by atoms with Gasteiger partial charge in [-0.15, -0.1) is 0 Å². The van der Waals surface area contributed by atoms with Gasteiger partial charge in [-0.2, -0.15) is 0 Å². The summed E-state index contributed by atoms with van der Waals surface area (Å²) >= 11 is 5.79. The molecule has 0 spiro atoms. The molecule has 0 saturated heterocycles. The van der Waals surface area contributed by atoms with Crippen LogP contribution in [0.2, 0.25) is 5.02 Å². The van der Waals surface area contributed by atoms with Crippen LogP contribution in [0.3, 0.4) is 0 Å². The van der Waals surface area contributed by atoms with Crippen LogP contribution in [-0.4, -0.2) is 24.2 Å². The van der Waals surface area contributed by atoms with Crippen LogP contribution in [0.25, 0.3) is 0 Å². The molecule has 0 aliphatic rings. The molecule has 0 aliphatic heterocycles. The van der Waals surface area contributed by atoms with Gasteiger partial charge in [-0.05, 0) is 38.1 Å². The molecule has 8 heteroatoms. The maximum Gasteiger partial charge on any atom is 0.248 e. The highest BCUT2D eigenvalue weighted by Gasteiger charge is 2.43. The molecule has 1 heterocycles. The number of sulfone groups is 1. The third-order valence-corrected chi connectivity index (χ3v) is 6.53. The van der Waals surface area contributed by atoms with Crippen molar-refractivity contribution in [2.75, 3.05) is 5.32 Å². The number of amides is 1. The van der Waals surface area contributed by atoms with Crippen molar-refractivity contribution in [3.8, 4) is 0 Å². The molecule has 0 radical (unpaired) electrons. The molecule has 0 aliphatic carbocycles. The number of nitrogens with one attached hydrogen (secondary N) is 1. The van der Waals surface area contributed by atoms with Crippen LogP contribution in [0.4, 0.5) is 5.88 Å². The number of benzene rings is 1. The third-order valence-electron chi connectivity index (χ3n) is 3.86. The molecular formula is C17H21ClN2O4S. The van der Waals surface area contributed by atoms with Crippen molar-refractivity contribution in [2.45, 2.75) is 49.7 Å². The average molecular weight is 385 g/mol. The molecule has 1 amide bonds. The van der Waals surface area contributed by atoms with Crippen molar-refractivity contribution >= 4 is 33.2 Å². The molecule has 0 atom stereocenters. The standard InChI is InChI=1S/C17H21ClN2O4S/c1-16(2,3)13-10-14(24-20-13)19-15(21)17(4,5)25(22,23)12-8-6-11(18)7-9-12/h6-10H,1-5H3,(H,19,21). The van der Waals surface area contributed by atoms with Gasteiger partial charge >= 0.3 is 0 Å².